The molecule has 0 saturated heterocycles. The average molecular weight is 253 g/mol. The Morgan fingerprint density at radius 2 is 1.89 bits per heavy atom. The molecule has 1 aromatic heterocycles. The lowest BCUT2D eigenvalue weighted by Crippen LogP contribution is -2.41. The molecular formula is C13H23N3O2. The van der Waals surface area contributed by atoms with Crippen molar-refractivity contribution in [1.29, 1.82) is 0 Å². The van der Waals surface area contributed by atoms with Crippen molar-refractivity contribution in [2.75, 3.05) is 5.73 Å². The van der Waals surface area contributed by atoms with Gasteiger partial charge < -0.3 is 5.73 Å². The number of rotatable bonds is 5. The fourth-order valence-corrected chi connectivity index (χ4v) is 2.25. The standard InChI is InChI=1S/C13H23N3O2/c1-5-15-8-11(14)12(17)16(13(15)18)7-10(4)6-9(2)3/h8-10H,5-7,14H2,1-4H3. The third kappa shape index (κ3) is 3.24. The zero-order valence-electron chi connectivity index (χ0n) is 11.6. The van der Waals surface area contributed by atoms with Crippen LogP contribution >= 0.6 is 0 Å². The van der Waals surface area contributed by atoms with E-state index in [0.717, 1.165) is 6.42 Å². The lowest BCUT2D eigenvalue weighted by atomic mass is 9.99. The summed E-state index contributed by atoms with van der Waals surface area (Å²) < 4.78 is 2.73. The Bertz CT molecular complexity index is 514. The zero-order valence-corrected chi connectivity index (χ0v) is 11.6. The number of hydrogen-bond donors (Lipinski definition) is 1. The molecule has 0 aliphatic heterocycles. The molecule has 0 spiro atoms. The molecule has 102 valence electrons. The van der Waals surface area contributed by atoms with Crippen molar-refractivity contribution in [3.63, 3.8) is 0 Å². The Morgan fingerprint density at radius 3 is 2.39 bits per heavy atom. The van der Waals surface area contributed by atoms with Gasteiger partial charge in [0.1, 0.15) is 5.69 Å². The molecule has 18 heavy (non-hydrogen) atoms. The second-order valence-corrected chi connectivity index (χ2v) is 5.30. The first kappa shape index (κ1) is 14.5. The first-order chi connectivity index (χ1) is 8.36. The third-order valence-electron chi connectivity index (χ3n) is 2.97. The van der Waals surface area contributed by atoms with Gasteiger partial charge in [0.2, 0.25) is 0 Å². The Kier molecular flexibility index (Phi) is 4.76. The maximum atomic E-state index is 12.1. The SMILES string of the molecule is CCn1cc(N)c(=O)n(CC(C)CC(C)C)c1=O. The van der Waals surface area contributed by atoms with Crippen LogP contribution in [0.4, 0.5) is 5.69 Å². The van der Waals surface area contributed by atoms with Gasteiger partial charge in [-0.3, -0.25) is 13.9 Å². The van der Waals surface area contributed by atoms with Gasteiger partial charge >= 0.3 is 5.69 Å². The molecule has 1 unspecified atom stereocenters. The Labute approximate surface area is 107 Å². The van der Waals surface area contributed by atoms with E-state index in [1.807, 2.05) is 13.8 Å². The monoisotopic (exact) mass is 253 g/mol. The number of anilines is 1. The van der Waals surface area contributed by atoms with Crippen LogP contribution in [0.3, 0.4) is 0 Å². The highest BCUT2D eigenvalue weighted by Gasteiger charge is 2.12. The van der Waals surface area contributed by atoms with E-state index in [2.05, 4.69) is 13.8 Å². The Balaban J connectivity index is 3.12. The number of hydrogen-bond acceptors (Lipinski definition) is 3. The van der Waals surface area contributed by atoms with Crippen LogP contribution in [0.5, 0.6) is 0 Å². The van der Waals surface area contributed by atoms with Gasteiger partial charge in [-0.2, -0.15) is 0 Å². The molecule has 0 aliphatic rings. The summed E-state index contributed by atoms with van der Waals surface area (Å²) in [5, 5.41) is 0. The van der Waals surface area contributed by atoms with Crippen LogP contribution < -0.4 is 17.0 Å². The minimum Gasteiger partial charge on any atom is -0.393 e. The minimum atomic E-state index is -0.375. The van der Waals surface area contributed by atoms with Crippen molar-refractivity contribution in [3.05, 3.63) is 27.0 Å². The van der Waals surface area contributed by atoms with Gasteiger partial charge in [0.05, 0.1) is 0 Å². The number of nitrogens with zero attached hydrogens (tertiary/aromatic N) is 2. The molecular weight excluding hydrogens is 230 g/mol. The summed E-state index contributed by atoms with van der Waals surface area (Å²) in [6.45, 7) is 9.10. The summed E-state index contributed by atoms with van der Waals surface area (Å²) in [5.41, 5.74) is 5.14. The van der Waals surface area contributed by atoms with Crippen molar-refractivity contribution in [2.24, 2.45) is 11.8 Å². The molecule has 5 heteroatoms. The largest absolute Gasteiger partial charge is 0.393 e. The van der Waals surface area contributed by atoms with Gasteiger partial charge in [-0.1, -0.05) is 20.8 Å². The lowest BCUT2D eigenvalue weighted by molar-refractivity contribution is 0.373. The quantitative estimate of drug-likeness (QED) is 0.859. The van der Waals surface area contributed by atoms with Crippen LogP contribution in [0.2, 0.25) is 0 Å². The molecule has 0 fully saturated rings. The first-order valence-electron chi connectivity index (χ1n) is 6.46. The van der Waals surface area contributed by atoms with Crippen molar-refractivity contribution in [3.8, 4) is 0 Å². The number of nitrogen functional groups attached to an aromatic ring is 1. The molecule has 0 bridgehead atoms. The van der Waals surface area contributed by atoms with E-state index >= 15 is 0 Å². The topological polar surface area (TPSA) is 70.0 Å². The van der Waals surface area contributed by atoms with E-state index in [9.17, 15) is 9.59 Å². The van der Waals surface area contributed by atoms with E-state index in [1.54, 1.807) is 0 Å². The van der Waals surface area contributed by atoms with Crippen molar-refractivity contribution < 1.29 is 0 Å². The van der Waals surface area contributed by atoms with E-state index in [1.165, 1.54) is 15.3 Å². The third-order valence-corrected chi connectivity index (χ3v) is 2.97. The maximum absolute atomic E-state index is 12.1. The summed E-state index contributed by atoms with van der Waals surface area (Å²) >= 11 is 0. The van der Waals surface area contributed by atoms with Crippen LogP contribution in [-0.2, 0) is 13.1 Å². The summed E-state index contributed by atoms with van der Waals surface area (Å²) in [7, 11) is 0. The summed E-state index contributed by atoms with van der Waals surface area (Å²) in [5.74, 6) is 0.827. The van der Waals surface area contributed by atoms with Crippen molar-refractivity contribution in [1.82, 2.24) is 9.13 Å². The molecule has 0 aromatic carbocycles. The fraction of sp³-hybridized carbons (Fsp3) is 0.692. The Morgan fingerprint density at radius 1 is 1.28 bits per heavy atom. The van der Waals surface area contributed by atoms with Crippen LogP contribution in [-0.4, -0.2) is 9.13 Å². The molecule has 0 aliphatic carbocycles. The van der Waals surface area contributed by atoms with E-state index in [4.69, 9.17) is 5.73 Å². The van der Waals surface area contributed by atoms with Gasteiger partial charge in [-0.15, -0.1) is 0 Å². The normalized spacial score (nSPS) is 12.9. The predicted octanol–water partition coefficient (Wildman–Crippen LogP) is 1.29. The molecule has 0 radical (unpaired) electrons. The van der Waals surface area contributed by atoms with E-state index in [0.29, 0.717) is 19.0 Å². The molecule has 1 rings (SSSR count). The number of aromatic nitrogens is 2. The molecule has 0 amide bonds. The second kappa shape index (κ2) is 5.89. The summed E-state index contributed by atoms with van der Waals surface area (Å²) in [4.78, 5) is 24.0. The Hall–Kier alpha value is -1.52. The molecule has 1 atom stereocenters. The molecule has 1 heterocycles. The summed E-state index contributed by atoms with van der Waals surface area (Å²) in [6, 6.07) is 0. The number of nitrogens with two attached hydrogens (primary N) is 1. The van der Waals surface area contributed by atoms with E-state index in [-0.39, 0.29) is 22.9 Å². The fourth-order valence-electron chi connectivity index (χ4n) is 2.25. The molecule has 1 aromatic rings. The van der Waals surface area contributed by atoms with Crippen molar-refractivity contribution >= 4 is 5.69 Å². The second-order valence-electron chi connectivity index (χ2n) is 5.30. The molecule has 5 nitrogen and oxygen atoms in total. The van der Waals surface area contributed by atoms with Gasteiger partial charge in [0.25, 0.3) is 5.56 Å². The summed E-state index contributed by atoms with van der Waals surface area (Å²) in [6.07, 6.45) is 2.40. The predicted molar refractivity (Wildman–Crippen MR) is 73.7 cm³/mol. The van der Waals surface area contributed by atoms with Crippen LogP contribution in [0, 0.1) is 11.8 Å². The van der Waals surface area contributed by atoms with Crippen LogP contribution in [0.25, 0.3) is 0 Å². The molecule has 0 saturated carbocycles. The lowest BCUT2D eigenvalue weighted by Gasteiger charge is -2.16. The molecule has 2 N–H and O–H groups in total. The van der Waals surface area contributed by atoms with Gasteiger partial charge in [0, 0.05) is 19.3 Å². The highest BCUT2D eigenvalue weighted by Crippen LogP contribution is 2.11. The van der Waals surface area contributed by atoms with E-state index < -0.39 is 0 Å². The minimum absolute atomic E-state index is 0.133. The zero-order chi connectivity index (χ0) is 13.9. The first-order valence-corrected chi connectivity index (χ1v) is 6.46. The number of aryl methyl sites for hydroxylation is 1. The van der Waals surface area contributed by atoms with Crippen LogP contribution in [0.15, 0.2) is 15.8 Å². The highest BCUT2D eigenvalue weighted by molar-refractivity contribution is 5.30. The van der Waals surface area contributed by atoms with Gasteiger partial charge in [0.15, 0.2) is 0 Å². The van der Waals surface area contributed by atoms with Gasteiger partial charge in [-0.25, -0.2) is 4.79 Å². The maximum Gasteiger partial charge on any atom is 0.331 e. The average Bonchev–Trinajstić information content (AvgIpc) is 2.28. The van der Waals surface area contributed by atoms with Crippen molar-refractivity contribution in [2.45, 2.75) is 47.2 Å². The van der Waals surface area contributed by atoms with Crippen LogP contribution in [0.1, 0.15) is 34.1 Å². The highest BCUT2D eigenvalue weighted by atomic mass is 16.2. The smallest absolute Gasteiger partial charge is 0.331 e. The van der Waals surface area contributed by atoms with Gasteiger partial charge in [-0.05, 0) is 25.2 Å².